The fraction of sp³-hybridized carbons (Fsp3) is 0.462. The maximum Gasteiger partial charge on any atom is 0.410 e. The number of ether oxygens (including phenoxy) is 4. The minimum atomic E-state index is -0.627. The first-order valence-electron chi connectivity index (χ1n) is 11.2. The van der Waals surface area contributed by atoms with E-state index in [0.29, 0.717) is 19.5 Å². The van der Waals surface area contributed by atoms with E-state index in [1.165, 1.54) is 13.2 Å². The van der Waals surface area contributed by atoms with Crippen LogP contribution < -0.4 is 9.47 Å². The summed E-state index contributed by atoms with van der Waals surface area (Å²) in [6.07, 6.45) is 0.143. The SMILES string of the molecule is COC(=O)c1cc(Br)c(F)cc1OCCC(C)CN(Cc1ccc(OC)cc1)C(=O)OC(C)(C)C. The highest BCUT2D eigenvalue weighted by molar-refractivity contribution is 9.10. The molecule has 1 atom stereocenters. The second-order valence-electron chi connectivity index (χ2n) is 9.21. The normalized spacial score (nSPS) is 12.0. The molecular weight excluding hydrogens is 521 g/mol. The van der Waals surface area contributed by atoms with Gasteiger partial charge in [0.2, 0.25) is 0 Å². The highest BCUT2D eigenvalue weighted by Gasteiger charge is 2.24. The van der Waals surface area contributed by atoms with Crippen molar-refractivity contribution in [3.05, 3.63) is 57.8 Å². The van der Waals surface area contributed by atoms with Gasteiger partial charge in [-0.3, -0.25) is 0 Å². The molecule has 7 nitrogen and oxygen atoms in total. The van der Waals surface area contributed by atoms with Gasteiger partial charge in [-0.2, -0.15) is 0 Å². The Labute approximate surface area is 214 Å². The average molecular weight is 554 g/mol. The highest BCUT2D eigenvalue weighted by atomic mass is 79.9. The minimum Gasteiger partial charge on any atom is -0.497 e. The number of carbonyl (C=O) groups excluding carboxylic acids is 2. The molecule has 0 N–H and O–H groups in total. The predicted octanol–water partition coefficient (Wildman–Crippen LogP) is 6.23. The standard InChI is InChI=1S/C26H33BrFNO6/c1-17(11-12-34-23-14-22(28)21(27)13-20(23)24(30)33-6)15-29(25(31)35-26(2,3)4)16-18-7-9-19(32-5)10-8-18/h7-10,13-14,17H,11-12,15-16H2,1-6H3. The number of hydrogen-bond acceptors (Lipinski definition) is 6. The van der Waals surface area contributed by atoms with E-state index in [1.807, 2.05) is 52.0 Å². The average Bonchev–Trinajstić information content (AvgIpc) is 2.79. The molecule has 0 aliphatic carbocycles. The quantitative estimate of drug-likeness (QED) is 0.325. The van der Waals surface area contributed by atoms with E-state index in [-0.39, 0.29) is 28.3 Å². The molecule has 2 aromatic carbocycles. The summed E-state index contributed by atoms with van der Waals surface area (Å²) in [4.78, 5) is 26.6. The molecule has 0 fully saturated rings. The van der Waals surface area contributed by atoms with Crippen molar-refractivity contribution in [3.8, 4) is 11.5 Å². The summed E-state index contributed by atoms with van der Waals surface area (Å²) >= 11 is 3.07. The third kappa shape index (κ3) is 9.05. The monoisotopic (exact) mass is 553 g/mol. The van der Waals surface area contributed by atoms with Crippen molar-refractivity contribution in [1.29, 1.82) is 0 Å². The Morgan fingerprint density at radius 3 is 2.34 bits per heavy atom. The number of methoxy groups -OCH3 is 2. The van der Waals surface area contributed by atoms with E-state index in [1.54, 1.807) is 12.0 Å². The molecule has 1 unspecified atom stereocenters. The fourth-order valence-electron chi connectivity index (χ4n) is 3.24. The second-order valence-corrected chi connectivity index (χ2v) is 10.1. The molecule has 9 heteroatoms. The Balaban J connectivity index is 2.06. The molecular formula is C26H33BrFNO6. The zero-order valence-electron chi connectivity index (χ0n) is 21.0. The molecule has 35 heavy (non-hydrogen) atoms. The minimum absolute atomic E-state index is 0.0302. The Kier molecular flexibility index (Phi) is 10.4. The van der Waals surface area contributed by atoms with Crippen LogP contribution in [0.15, 0.2) is 40.9 Å². The molecule has 1 amide bonds. The number of amides is 1. The molecule has 0 bridgehead atoms. The molecule has 2 aromatic rings. The first-order chi connectivity index (χ1) is 16.4. The van der Waals surface area contributed by atoms with Crippen LogP contribution in [0.5, 0.6) is 11.5 Å². The van der Waals surface area contributed by atoms with Gasteiger partial charge in [0.25, 0.3) is 0 Å². The van der Waals surface area contributed by atoms with Gasteiger partial charge in [-0.1, -0.05) is 19.1 Å². The molecule has 0 aromatic heterocycles. The van der Waals surface area contributed by atoms with Crippen LogP contribution in [0.2, 0.25) is 0 Å². The van der Waals surface area contributed by atoms with Crippen molar-refractivity contribution < 1.29 is 32.9 Å². The summed E-state index contributed by atoms with van der Waals surface area (Å²) in [6, 6.07) is 9.98. The van der Waals surface area contributed by atoms with E-state index in [4.69, 9.17) is 18.9 Å². The molecule has 0 radical (unpaired) electrons. The van der Waals surface area contributed by atoms with E-state index in [2.05, 4.69) is 15.9 Å². The predicted molar refractivity (Wildman–Crippen MR) is 134 cm³/mol. The number of nitrogens with zero attached hydrogens (tertiary/aromatic N) is 1. The number of hydrogen-bond donors (Lipinski definition) is 0. The van der Waals surface area contributed by atoms with Gasteiger partial charge in [-0.25, -0.2) is 14.0 Å². The van der Waals surface area contributed by atoms with Crippen LogP contribution in [-0.4, -0.2) is 49.9 Å². The number of halogens is 2. The highest BCUT2D eigenvalue weighted by Crippen LogP contribution is 2.28. The van der Waals surface area contributed by atoms with Crippen molar-refractivity contribution >= 4 is 28.0 Å². The lowest BCUT2D eigenvalue weighted by atomic mass is 10.1. The third-order valence-corrected chi connectivity index (χ3v) is 5.62. The third-order valence-electron chi connectivity index (χ3n) is 5.01. The smallest absolute Gasteiger partial charge is 0.410 e. The molecule has 2 rings (SSSR count). The summed E-state index contributed by atoms with van der Waals surface area (Å²) in [5, 5.41) is 0. The topological polar surface area (TPSA) is 74.3 Å². The van der Waals surface area contributed by atoms with Crippen molar-refractivity contribution in [2.24, 2.45) is 5.92 Å². The molecule has 0 heterocycles. The van der Waals surface area contributed by atoms with Crippen LogP contribution in [0.4, 0.5) is 9.18 Å². The Hall–Kier alpha value is -2.81. The molecule has 0 aliphatic heterocycles. The van der Waals surface area contributed by atoms with Gasteiger partial charge in [-0.05, 0) is 72.8 Å². The van der Waals surface area contributed by atoms with E-state index in [9.17, 15) is 14.0 Å². The zero-order valence-corrected chi connectivity index (χ0v) is 22.6. The Morgan fingerprint density at radius 2 is 1.77 bits per heavy atom. The number of benzene rings is 2. The summed E-state index contributed by atoms with van der Waals surface area (Å²) in [5.74, 6) is -0.297. The maximum atomic E-state index is 14.0. The van der Waals surface area contributed by atoms with Crippen LogP contribution in [-0.2, 0) is 16.0 Å². The largest absolute Gasteiger partial charge is 0.497 e. The molecule has 0 saturated heterocycles. The van der Waals surface area contributed by atoms with Gasteiger partial charge in [0.15, 0.2) is 0 Å². The fourth-order valence-corrected chi connectivity index (χ4v) is 3.58. The van der Waals surface area contributed by atoms with Crippen LogP contribution in [0.1, 0.15) is 50.0 Å². The zero-order chi connectivity index (χ0) is 26.2. The van der Waals surface area contributed by atoms with E-state index < -0.39 is 23.5 Å². The summed E-state index contributed by atoms with van der Waals surface area (Å²) in [5.41, 5.74) is 0.439. The lowest BCUT2D eigenvalue weighted by Gasteiger charge is -2.29. The Bertz CT molecular complexity index is 1010. The molecule has 192 valence electrons. The molecule has 0 saturated carbocycles. The van der Waals surface area contributed by atoms with Crippen molar-refractivity contribution in [1.82, 2.24) is 4.90 Å². The van der Waals surface area contributed by atoms with Gasteiger partial charge in [-0.15, -0.1) is 0 Å². The number of esters is 1. The molecule has 0 spiro atoms. The first-order valence-corrected chi connectivity index (χ1v) is 12.0. The van der Waals surface area contributed by atoms with Crippen molar-refractivity contribution in [2.45, 2.75) is 46.3 Å². The number of rotatable bonds is 10. The lowest BCUT2D eigenvalue weighted by molar-refractivity contribution is 0.0200. The van der Waals surface area contributed by atoms with Gasteiger partial charge in [0, 0.05) is 19.2 Å². The van der Waals surface area contributed by atoms with Crippen molar-refractivity contribution in [3.63, 3.8) is 0 Å². The van der Waals surface area contributed by atoms with Crippen LogP contribution in [0, 0.1) is 11.7 Å². The van der Waals surface area contributed by atoms with Crippen molar-refractivity contribution in [2.75, 3.05) is 27.4 Å². The second kappa shape index (κ2) is 12.8. The maximum absolute atomic E-state index is 14.0. The van der Waals surface area contributed by atoms with Gasteiger partial charge >= 0.3 is 12.1 Å². The summed E-state index contributed by atoms with van der Waals surface area (Å²) in [7, 11) is 2.85. The van der Waals surface area contributed by atoms with Crippen LogP contribution in [0.25, 0.3) is 0 Å². The van der Waals surface area contributed by atoms with Crippen LogP contribution >= 0.6 is 15.9 Å². The van der Waals surface area contributed by atoms with E-state index >= 15 is 0 Å². The summed E-state index contributed by atoms with van der Waals surface area (Å²) in [6.45, 7) is 8.46. The van der Waals surface area contributed by atoms with Gasteiger partial charge in [0.05, 0.1) is 25.3 Å². The van der Waals surface area contributed by atoms with E-state index in [0.717, 1.165) is 17.4 Å². The molecule has 0 aliphatic rings. The number of carbonyl (C=O) groups is 2. The Morgan fingerprint density at radius 1 is 1.11 bits per heavy atom. The summed E-state index contributed by atoms with van der Waals surface area (Å²) < 4.78 is 35.5. The van der Waals surface area contributed by atoms with Crippen LogP contribution in [0.3, 0.4) is 0 Å². The van der Waals surface area contributed by atoms with Gasteiger partial charge in [0.1, 0.15) is 28.5 Å². The first kappa shape index (κ1) is 28.4. The van der Waals surface area contributed by atoms with Gasteiger partial charge < -0.3 is 23.8 Å². The lowest BCUT2D eigenvalue weighted by Crippen LogP contribution is -2.39.